The Morgan fingerprint density at radius 1 is 1.05 bits per heavy atom. The smallest absolute Gasteiger partial charge is 0.167 e. The number of carbonyl (C=O) groups excluding carboxylic acids is 1. The third-order valence-corrected chi connectivity index (χ3v) is 3.30. The Bertz CT molecular complexity index is 775. The number of Topliss-reactive ketones (excluding diaryl/α,β-unsaturated/α-hetero) is 1. The van der Waals surface area contributed by atoms with Crippen LogP contribution in [0.3, 0.4) is 0 Å². The third kappa shape index (κ3) is 2.38. The summed E-state index contributed by atoms with van der Waals surface area (Å²) in [4.78, 5) is 16.4. The quantitative estimate of drug-likeness (QED) is 0.737. The van der Waals surface area contributed by atoms with Crippen LogP contribution in [0.15, 0.2) is 60.8 Å². The van der Waals surface area contributed by atoms with Crippen LogP contribution in [-0.4, -0.2) is 10.8 Å². The van der Waals surface area contributed by atoms with Gasteiger partial charge in [0.1, 0.15) is 5.82 Å². The van der Waals surface area contributed by atoms with Crippen LogP contribution in [-0.2, 0) is 6.42 Å². The summed E-state index contributed by atoms with van der Waals surface area (Å²) in [6, 6.07) is 17.3. The van der Waals surface area contributed by atoms with Crippen molar-refractivity contribution in [2.45, 2.75) is 6.42 Å². The summed E-state index contributed by atoms with van der Waals surface area (Å²) in [6.07, 6.45) is 1.96. The average Bonchev–Trinajstić information content (AvgIpc) is 2.46. The van der Waals surface area contributed by atoms with Crippen molar-refractivity contribution in [2.24, 2.45) is 0 Å². The van der Waals surface area contributed by atoms with Crippen LogP contribution in [0.4, 0.5) is 5.82 Å². The van der Waals surface area contributed by atoms with E-state index in [0.29, 0.717) is 12.2 Å². The van der Waals surface area contributed by atoms with E-state index in [1.807, 2.05) is 48.5 Å². The Labute approximate surface area is 117 Å². The lowest BCUT2D eigenvalue weighted by atomic mass is 9.98. The lowest BCUT2D eigenvalue weighted by molar-refractivity contribution is 0.0994. The summed E-state index contributed by atoms with van der Waals surface area (Å²) in [7, 11) is 0. The Hall–Kier alpha value is -2.68. The second-order valence-corrected chi connectivity index (χ2v) is 4.72. The van der Waals surface area contributed by atoms with E-state index in [4.69, 9.17) is 5.73 Å². The highest BCUT2D eigenvalue weighted by molar-refractivity contribution is 6.08. The molecule has 0 saturated carbocycles. The third-order valence-electron chi connectivity index (χ3n) is 3.30. The molecule has 0 fully saturated rings. The van der Waals surface area contributed by atoms with E-state index >= 15 is 0 Å². The molecule has 3 heteroatoms. The molecule has 2 N–H and O–H groups in total. The number of anilines is 1. The highest BCUT2D eigenvalue weighted by atomic mass is 16.1. The van der Waals surface area contributed by atoms with Gasteiger partial charge in [0.15, 0.2) is 5.78 Å². The van der Waals surface area contributed by atoms with Crippen LogP contribution < -0.4 is 5.73 Å². The number of hydrogen-bond donors (Lipinski definition) is 1. The summed E-state index contributed by atoms with van der Waals surface area (Å²) < 4.78 is 0. The molecular weight excluding hydrogens is 248 g/mol. The molecule has 0 bridgehead atoms. The number of nitrogens with zero attached hydrogens (tertiary/aromatic N) is 1. The molecular formula is C17H14N2O. The topological polar surface area (TPSA) is 56.0 Å². The minimum absolute atomic E-state index is 0.0902. The van der Waals surface area contributed by atoms with Crippen molar-refractivity contribution in [1.29, 1.82) is 0 Å². The Morgan fingerprint density at radius 3 is 2.70 bits per heavy atom. The normalized spacial score (nSPS) is 10.6. The summed E-state index contributed by atoms with van der Waals surface area (Å²) in [5, 5.41) is 2.06. The van der Waals surface area contributed by atoms with Gasteiger partial charge < -0.3 is 5.73 Å². The van der Waals surface area contributed by atoms with Gasteiger partial charge in [0.25, 0.3) is 0 Å². The molecule has 3 rings (SSSR count). The van der Waals surface area contributed by atoms with Crippen LogP contribution in [0.5, 0.6) is 0 Å². The van der Waals surface area contributed by atoms with Gasteiger partial charge in [-0.05, 0) is 28.5 Å². The van der Waals surface area contributed by atoms with Crippen LogP contribution >= 0.6 is 0 Å². The fourth-order valence-corrected chi connectivity index (χ4v) is 2.35. The van der Waals surface area contributed by atoms with Gasteiger partial charge in [0.05, 0.1) is 0 Å². The zero-order valence-electron chi connectivity index (χ0n) is 10.9. The molecule has 0 atom stereocenters. The van der Waals surface area contributed by atoms with Gasteiger partial charge >= 0.3 is 0 Å². The zero-order chi connectivity index (χ0) is 13.9. The largest absolute Gasteiger partial charge is 0.384 e. The molecule has 0 aliphatic heterocycles. The molecule has 1 heterocycles. The van der Waals surface area contributed by atoms with E-state index in [-0.39, 0.29) is 5.78 Å². The number of rotatable bonds is 3. The lowest BCUT2D eigenvalue weighted by Crippen LogP contribution is -2.05. The van der Waals surface area contributed by atoms with E-state index in [0.717, 1.165) is 21.9 Å². The molecule has 20 heavy (non-hydrogen) atoms. The number of hydrogen-bond acceptors (Lipinski definition) is 3. The molecule has 3 aromatic rings. The van der Waals surface area contributed by atoms with Crippen molar-refractivity contribution >= 4 is 22.4 Å². The van der Waals surface area contributed by atoms with Gasteiger partial charge in [-0.15, -0.1) is 0 Å². The standard InChI is InChI=1S/C17H14N2O/c18-17-11-12(8-9-19-17)10-16(20)15-7-3-5-13-4-1-2-6-14(13)15/h1-9,11H,10H2,(H2,18,19). The second-order valence-electron chi connectivity index (χ2n) is 4.72. The maximum absolute atomic E-state index is 12.5. The number of nitrogen functional groups attached to an aromatic ring is 1. The Kier molecular flexibility index (Phi) is 3.17. The number of benzene rings is 2. The first kappa shape index (κ1) is 12.4. The highest BCUT2D eigenvalue weighted by Gasteiger charge is 2.10. The molecule has 3 nitrogen and oxygen atoms in total. The lowest BCUT2D eigenvalue weighted by Gasteiger charge is -2.06. The summed E-state index contributed by atoms with van der Waals surface area (Å²) in [6.45, 7) is 0. The Morgan fingerprint density at radius 2 is 1.85 bits per heavy atom. The number of aromatic nitrogens is 1. The fraction of sp³-hybridized carbons (Fsp3) is 0.0588. The number of fused-ring (bicyclic) bond motifs is 1. The van der Waals surface area contributed by atoms with Crippen molar-refractivity contribution in [3.63, 3.8) is 0 Å². The van der Waals surface area contributed by atoms with Crippen molar-refractivity contribution in [1.82, 2.24) is 4.98 Å². The average molecular weight is 262 g/mol. The van der Waals surface area contributed by atoms with Gasteiger partial charge in [-0.1, -0.05) is 42.5 Å². The molecule has 0 unspecified atom stereocenters. The first-order valence-corrected chi connectivity index (χ1v) is 6.45. The van der Waals surface area contributed by atoms with Crippen molar-refractivity contribution in [3.8, 4) is 0 Å². The van der Waals surface area contributed by atoms with E-state index in [2.05, 4.69) is 4.98 Å². The highest BCUT2D eigenvalue weighted by Crippen LogP contribution is 2.20. The summed E-state index contributed by atoms with van der Waals surface area (Å²) >= 11 is 0. The van der Waals surface area contributed by atoms with E-state index in [9.17, 15) is 4.79 Å². The predicted octanol–water partition coefficient (Wildman–Crippen LogP) is 3.24. The summed E-state index contributed by atoms with van der Waals surface area (Å²) in [5.41, 5.74) is 7.27. The number of carbonyl (C=O) groups is 1. The van der Waals surface area contributed by atoms with Gasteiger partial charge in [-0.3, -0.25) is 4.79 Å². The van der Waals surface area contributed by atoms with Gasteiger partial charge in [0.2, 0.25) is 0 Å². The molecule has 2 aromatic carbocycles. The molecule has 0 amide bonds. The first-order valence-electron chi connectivity index (χ1n) is 6.45. The number of pyridine rings is 1. The van der Waals surface area contributed by atoms with Crippen LogP contribution in [0.2, 0.25) is 0 Å². The van der Waals surface area contributed by atoms with Crippen LogP contribution in [0, 0.1) is 0 Å². The van der Waals surface area contributed by atoms with Crippen molar-refractivity contribution < 1.29 is 4.79 Å². The van der Waals surface area contributed by atoms with Crippen LogP contribution in [0.25, 0.3) is 10.8 Å². The molecule has 0 saturated heterocycles. The van der Waals surface area contributed by atoms with Gasteiger partial charge in [-0.2, -0.15) is 0 Å². The van der Waals surface area contributed by atoms with Gasteiger partial charge in [0, 0.05) is 18.2 Å². The maximum Gasteiger partial charge on any atom is 0.167 e. The van der Waals surface area contributed by atoms with Crippen molar-refractivity contribution in [2.75, 3.05) is 5.73 Å². The van der Waals surface area contributed by atoms with Crippen molar-refractivity contribution in [3.05, 3.63) is 71.9 Å². The minimum atomic E-state index is 0.0902. The summed E-state index contributed by atoms with van der Waals surface area (Å²) in [5.74, 6) is 0.528. The fourth-order valence-electron chi connectivity index (χ4n) is 2.35. The second kappa shape index (κ2) is 5.13. The number of nitrogens with two attached hydrogens (primary N) is 1. The van der Waals surface area contributed by atoms with Gasteiger partial charge in [-0.25, -0.2) is 4.98 Å². The molecule has 1 aromatic heterocycles. The molecule has 0 aliphatic carbocycles. The first-order chi connectivity index (χ1) is 9.74. The molecule has 0 radical (unpaired) electrons. The van der Waals surface area contributed by atoms with E-state index in [1.165, 1.54) is 0 Å². The molecule has 0 aliphatic rings. The zero-order valence-corrected chi connectivity index (χ0v) is 10.9. The minimum Gasteiger partial charge on any atom is -0.384 e. The van der Waals surface area contributed by atoms with E-state index in [1.54, 1.807) is 12.3 Å². The number of ketones is 1. The Balaban J connectivity index is 1.97. The molecule has 98 valence electrons. The maximum atomic E-state index is 12.5. The monoisotopic (exact) mass is 262 g/mol. The van der Waals surface area contributed by atoms with E-state index < -0.39 is 0 Å². The van der Waals surface area contributed by atoms with Crippen LogP contribution in [0.1, 0.15) is 15.9 Å². The predicted molar refractivity (Wildman–Crippen MR) is 80.6 cm³/mol. The SMILES string of the molecule is Nc1cc(CC(=O)c2cccc3ccccc23)ccn1. The molecule has 0 spiro atoms.